The van der Waals surface area contributed by atoms with Crippen molar-refractivity contribution < 1.29 is 4.79 Å². The fourth-order valence-corrected chi connectivity index (χ4v) is 4.78. The number of nitrogens with one attached hydrogen (secondary N) is 1. The standard InChI is InChI=1S/C25H34N2O/c1-4-23(19-11-7-5-8-12-19)25(28)26-22-17-15-21(16-18-22)24(27(2)3)20-13-9-6-10-14-20/h5-14,21-24H,4,15-18H2,1-3H3,(H,26,28). The molecule has 1 saturated carbocycles. The molecule has 0 saturated heterocycles. The Morgan fingerprint density at radius 3 is 1.96 bits per heavy atom. The molecular formula is C25H34N2O. The first-order chi connectivity index (χ1) is 13.6. The van der Waals surface area contributed by atoms with Crippen LogP contribution in [-0.4, -0.2) is 30.9 Å². The van der Waals surface area contributed by atoms with Crippen molar-refractivity contribution in [2.45, 2.75) is 57.0 Å². The molecule has 2 aromatic carbocycles. The van der Waals surface area contributed by atoms with Crippen molar-refractivity contribution in [2.75, 3.05) is 14.1 Å². The van der Waals surface area contributed by atoms with E-state index in [0.29, 0.717) is 18.0 Å². The molecule has 0 bridgehead atoms. The van der Waals surface area contributed by atoms with Gasteiger partial charge in [0.15, 0.2) is 0 Å². The van der Waals surface area contributed by atoms with E-state index in [-0.39, 0.29) is 11.8 Å². The summed E-state index contributed by atoms with van der Waals surface area (Å²) < 4.78 is 0. The third kappa shape index (κ3) is 5.02. The Balaban J connectivity index is 1.58. The molecule has 1 aliphatic carbocycles. The molecule has 0 aromatic heterocycles. The molecule has 0 aliphatic heterocycles. The highest BCUT2D eigenvalue weighted by atomic mass is 16.1. The van der Waals surface area contributed by atoms with Crippen molar-refractivity contribution in [2.24, 2.45) is 5.92 Å². The molecule has 3 rings (SSSR count). The van der Waals surface area contributed by atoms with Gasteiger partial charge < -0.3 is 10.2 Å². The monoisotopic (exact) mass is 378 g/mol. The summed E-state index contributed by atoms with van der Waals surface area (Å²) in [6.45, 7) is 2.09. The van der Waals surface area contributed by atoms with E-state index in [9.17, 15) is 4.79 Å². The summed E-state index contributed by atoms with van der Waals surface area (Å²) in [7, 11) is 4.36. The molecule has 150 valence electrons. The summed E-state index contributed by atoms with van der Waals surface area (Å²) in [6.07, 6.45) is 5.29. The number of nitrogens with zero attached hydrogens (tertiary/aromatic N) is 1. The summed E-state index contributed by atoms with van der Waals surface area (Å²) in [5, 5.41) is 3.34. The van der Waals surface area contributed by atoms with Crippen molar-refractivity contribution in [1.82, 2.24) is 10.2 Å². The van der Waals surface area contributed by atoms with Crippen LogP contribution in [0, 0.1) is 5.92 Å². The average molecular weight is 379 g/mol. The number of carbonyl (C=O) groups excluding carboxylic acids is 1. The number of rotatable bonds is 7. The Morgan fingerprint density at radius 1 is 0.929 bits per heavy atom. The number of benzene rings is 2. The van der Waals surface area contributed by atoms with Crippen molar-refractivity contribution in [3.8, 4) is 0 Å². The van der Waals surface area contributed by atoms with Crippen LogP contribution in [0.1, 0.15) is 62.1 Å². The molecule has 1 N–H and O–H groups in total. The molecular weight excluding hydrogens is 344 g/mol. The molecule has 0 heterocycles. The fraction of sp³-hybridized carbons (Fsp3) is 0.480. The zero-order valence-corrected chi connectivity index (χ0v) is 17.5. The normalized spacial score (nSPS) is 21.9. The summed E-state index contributed by atoms with van der Waals surface area (Å²) in [5.74, 6) is 0.781. The third-order valence-electron chi connectivity index (χ3n) is 6.19. The summed E-state index contributed by atoms with van der Waals surface area (Å²) in [6, 6.07) is 21.7. The topological polar surface area (TPSA) is 32.3 Å². The van der Waals surface area contributed by atoms with Crippen molar-refractivity contribution in [1.29, 1.82) is 0 Å². The Kier molecular flexibility index (Phi) is 7.27. The number of hydrogen-bond acceptors (Lipinski definition) is 2. The zero-order chi connectivity index (χ0) is 19.9. The van der Waals surface area contributed by atoms with E-state index in [0.717, 1.165) is 37.7 Å². The first-order valence-electron chi connectivity index (χ1n) is 10.7. The minimum absolute atomic E-state index is 0.0437. The molecule has 1 amide bonds. The van der Waals surface area contributed by atoms with E-state index in [1.165, 1.54) is 5.56 Å². The molecule has 1 aliphatic rings. The quantitative estimate of drug-likeness (QED) is 0.722. The second kappa shape index (κ2) is 9.88. The van der Waals surface area contributed by atoms with Crippen LogP contribution in [-0.2, 0) is 4.79 Å². The maximum Gasteiger partial charge on any atom is 0.227 e. The van der Waals surface area contributed by atoms with Crippen LogP contribution in [0.3, 0.4) is 0 Å². The van der Waals surface area contributed by atoms with E-state index < -0.39 is 0 Å². The van der Waals surface area contributed by atoms with E-state index in [1.807, 2.05) is 18.2 Å². The zero-order valence-electron chi connectivity index (χ0n) is 17.5. The Labute approximate surface area is 170 Å². The SMILES string of the molecule is CCC(C(=O)NC1CCC(C(c2ccccc2)N(C)C)CC1)c1ccccc1. The van der Waals surface area contributed by atoms with Gasteiger partial charge in [-0.2, -0.15) is 0 Å². The van der Waals surface area contributed by atoms with Crippen LogP contribution in [0.2, 0.25) is 0 Å². The molecule has 2 unspecified atom stereocenters. The molecule has 2 aromatic rings. The summed E-state index contributed by atoms with van der Waals surface area (Å²) >= 11 is 0. The lowest BCUT2D eigenvalue weighted by Gasteiger charge is -2.38. The number of hydrogen-bond donors (Lipinski definition) is 1. The average Bonchev–Trinajstić information content (AvgIpc) is 2.71. The molecule has 1 fully saturated rings. The molecule has 28 heavy (non-hydrogen) atoms. The Morgan fingerprint density at radius 2 is 1.46 bits per heavy atom. The predicted octanol–water partition coefficient (Wildman–Crippen LogP) is 5.16. The van der Waals surface area contributed by atoms with Gasteiger partial charge in [0.2, 0.25) is 5.91 Å². The van der Waals surface area contributed by atoms with Crippen LogP contribution >= 0.6 is 0 Å². The van der Waals surface area contributed by atoms with Gasteiger partial charge in [0, 0.05) is 12.1 Å². The maximum absolute atomic E-state index is 12.9. The summed E-state index contributed by atoms with van der Waals surface area (Å²) in [4.78, 5) is 15.2. The minimum atomic E-state index is -0.0437. The second-order valence-electron chi connectivity index (χ2n) is 8.31. The largest absolute Gasteiger partial charge is 0.353 e. The van der Waals surface area contributed by atoms with Gasteiger partial charge in [0.1, 0.15) is 0 Å². The van der Waals surface area contributed by atoms with Gasteiger partial charge in [-0.1, -0.05) is 67.6 Å². The highest BCUT2D eigenvalue weighted by Crippen LogP contribution is 2.37. The third-order valence-corrected chi connectivity index (χ3v) is 6.19. The van der Waals surface area contributed by atoms with Gasteiger partial charge in [-0.3, -0.25) is 4.79 Å². The van der Waals surface area contributed by atoms with Crippen molar-refractivity contribution in [3.05, 3.63) is 71.8 Å². The minimum Gasteiger partial charge on any atom is -0.353 e. The number of carbonyl (C=O) groups is 1. The lowest BCUT2D eigenvalue weighted by Crippen LogP contribution is -2.41. The lowest BCUT2D eigenvalue weighted by atomic mass is 9.78. The van der Waals surface area contributed by atoms with E-state index >= 15 is 0 Å². The second-order valence-corrected chi connectivity index (χ2v) is 8.31. The van der Waals surface area contributed by atoms with Crippen molar-refractivity contribution >= 4 is 5.91 Å². The highest BCUT2D eigenvalue weighted by Gasteiger charge is 2.31. The lowest BCUT2D eigenvalue weighted by molar-refractivity contribution is -0.123. The van der Waals surface area contributed by atoms with Gasteiger partial charge in [-0.25, -0.2) is 0 Å². The molecule has 2 atom stereocenters. The smallest absolute Gasteiger partial charge is 0.227 e. The summed E-state index contributed by atoms with van der Waals surface area (Å²) in [5.41, 5.74) is 2.52. The molecule has 0 radical (unpaired) electrons. The van der Waals surface area contributed by atoms with Crippen LogP contribution < -0.4 is 5.32 Å². The van der Waals surface area contributed by atoms with Gasteiger partial charge in [-0.05, 0) is 63.2 Å². The molecule has 3 nitrogen and oxygen atoms in total. The fourth-order valence-electron chi connectivity index (χ4n) is 4.78. The van der Waals surface area contributed by atoms with Gasteiger partial charge >= 0.3 is 0 Å². The number of amides is 1. The Bertz CT molecular complexity index is 721. The van der Waals surface area contributed by atoms with E-state index in [2.05, 4.69) is 73.7 Å². The van der Waals surface area contributed by atoms with E-state index in [1.54, 1.807) is 0 Å². The van der Waals surface area contributed by atoms with E-state index in [4.69, 9.17) is 0 Å². The predicted molar refractivity (Wildman–Crippen MR) is 116 cm³/mol. The molecule has 0 spiro atoms. The van der Waals surface area contributed by atoms with Gasteiger partial charge in [0.05, 0.1) is 5.92 Å². The van der Waals surface area contributed by atoms with Crippen molar-refractivity contribution in [3.63, 3.8) is 0 Å². The van der Waals surface area contributed by atoms with Gasteiger partial charge in [0.25, 0.3) is 0 Å². The van der Waals surface area contributed by atoms with Crippen LogP contribution in [0.4, 0.5) is 0 Å². The maximum atomic E-state index is 12.9. The molecule has 3 heteroatoms. The van der Waals surface area contributed by atoms with Crippen LogP contribution in [0.25, 0.3) is 0 Å². The van der Waals surface area contributed by atoms with Crippen LogP contribution in [0.5, 0.6) is 0 Å². The first kappa shape index (κ1) is 20.6. The van der Waals surface area contributed by atoms with Gasteiger partial charge in [-0.15, -0.1) is 0 Å². The van der Waals surface area contributed by atoms with Crippen LogP contribution in [0.15, 0.2) is 60.7 Å². The highest BCUT2D eigenvalue weighted by molar-refractivity contribution is 5.83. The first-order valence-corrected chi connectivity index (χ1v) is 10.7. The Hall–Kier alpha value is -2.13.